The Labute approximate surface area is 172 Å². The molecule has 0 spiro atoms. The van der Waals surface area contributed by atoms with Gasteiger partial charge in [-0.25, -0.2) is 4.98 Å². The number of hydrogen-bond acceptors (Lipinski definition) is 4. The summed E-state index contributed by atoms with van der Waals surface area (Å²) < 4.78 is 3.19. The van der Waals surface area contributed by atoms with Crippen LogP contribution < -0.4 is 11.1 Å². The third kappa shape index (κ3) is 3.81. The minimum absolute atomic E-state index is 0.131. The third-order valence-electron chi connectivity index (χ3n) is 4.91. The van der Waals surface area contributed by atoms with Gasteiger partial charge in [-0.15, -0.1) is 0 Å². The largest absolute Gasteiger partial charge is 0.315 e. The number of benzene rings is 1. The fourth-order valence-electron chi connectivity index (χ4n) is 3.43. The number of hydrogen-bond donors (Lipinski definition) is 0. The maximum absolute atomic E-state index is 13.1. The van der Waals surface area contributed by atoms with E-state index < -0.39 is 0 Å². The molecule has 1 aromatic carbocycles. The van der Waals surface area contributed by atoms with Gasteiger partial charge < -0.3 is 9.47 Å². The minimum atomic E-state index is -0.235. The van der Waals surface area contributed by atoms with Crippen LogP contribution in [0, 0.1) is 0 Å². The lowest BCUT2D eigenvalue weighted by Gasteiger charge is -2.11. The van der Waals surface area contributed by atoms with Crippen LogP contribution in [0.5, 0.6) is 0 Å². The van der Waals surface area contributed by atoms with Crippen molar-refractivity contribution in [1.29, 1.82) is 0 Å². The molecule has 0 radical (unpaired) electrons. The molecule has 4 rings (SSSR count). The van der Waals surface area contributed by atoms with Crippen molar-refractivity contribution in [2.45, 2.75) is 13.0 Å². The second kappa shape index (κ2) is 7.81. The van der Waals surface area contributed by atoms with Crippen molar-refractivity contribution in [3.8, 4) is 5.69 Å². The molecule has 0 amide bonds. The summed E-state index contributed by atoms with van der Waals surface area (Å²) in [5.74, 6) is 0. The van der Waals surface area contributed by atoms with Crippen molar-refractivity contribution in [1.82, 2.24) is 19.0 Å². The summed E-state index contributed by atoms with van der Waals surface area (Å²) in [5.41, 5.74) is 1.45. The number of rotatable bonds is 5. The molecular weight excluding hydrogens is 388 g/mol. The standard InChI is InChI=1S/C22H21ClN4O2/c1-25(2)9-4-10-26-11-7-19-17(21(26)28)14-18-20(24-19)8-12-27(22(18)29)16-6-3-5-15(23)13-16/h3,5-8,11-14H,4,9-10H2,1-2H3. The van der Waals surface area contributed by atoms with E-state index in [9.17, 15) is 9.59 Å². The zero-order chi connectivity index (χ0) is 20.5. The Morgan fingerprint density at radius 2 is 1.69 bits per heavy atom. The molecule has 4 aromatic rings. The maximum atomic E-state index is 13.1. The predicted octanol–water partition coefficient (Wildman–Crippen LogP) is 3.31. The summed E-state index contributed by atoms with van der Waals surface area (Å²) in [4.78, 5) is 32.7. The molecule has 0 aliphatic rings. The molecular formula is C22H21ClN4O2. The molecule has 0 N–H and O–H groups in total. The Hall–Kier alpha value is -2.96. The van der Waals surface area contributed by atoms with E-state index in [1.165, 1.54) is 4.57 Å². The average Bonchev–Trinajstić information content (AvgIpc) is 2.69. The van der Waals surface area contributed by atoms with Gasteiger partial charge in [-0.2, -0.15) is 0 Å². The van der Waals surface area contributed by atoms with Gasteiger partial charge in [-0.1, -0.05) is 17.7 Å². The Morgan fingerprint density at radius 3 is 2.41 bits per heavy atom. The lowest BCUT2D eigenvalue weighted by atomic mass is 10.2. The molecule has 0 fully saturated rings. The lowest BCUT2D eigenvalue weighted by molar-refractivity contribution is 0.385. The van der Waals surface area contributed by atoms with E-state index >= 15 is 0 Å². The van der Waals surface area contributed by atoms with Crippen LogP contribution in [0.15, 0.2) is 64.4 Å². The first-order valence-electron chi connectivity index (χ1n) is 9.40. The van der Waals surface area contributed by atoms with Crippen LogP contribution in [0.25, 0.3) is 27.5 Å². The number of nitrogens with zero attached hydrogens (tertiary/aromatic N) is 4. The highest BCUT2D eigenvalue weighted by molar-refractivity contribution is 6.30. The highest BCUT2D eigenvalue weighted by Crippen LogP contribution is 2.17. The van der Waals surface area contributed by atoms with E-state index in [0.717, 1.165) is 13.0 Å². The molecule has 0 bridgehead atoms. The number of pyridine rings is 3. The third-order valence-corrected chi connectivity index (χ3v) is 5.14. The SMILES string of the molecule is CN(C)CCCn1ccc2nc3ccn(-c4cccc(Cl)c4)c(=O)c3cc2c1=O. The number of fused-ring (bicyclic) bond motifs is 2. The summed E-state index contributed by atoms with van der Waals surface area (Å²) in [5, 5.41) is 1.40. The van der Waals surface area contributed by atoms with Gasteiger partial charge in [0, 0.05) is 24.0 Å². The van der Waals surface area contributed by atoms with Gasteiger partial charge >= 0.3 is 0 Å². The molecule has 148 valence electrons. The molecule has 7 heteroatoms. The summed E-state index contributed by atoms with van der Waals surface area (Å²) >= 11 is 6.07. The molecule has 6 nitrogen and oxygen atoms in total. The van der Waals surface area contributed by atoms with E-state index in [1.807, 2.05) is 26.2 Å². The fourth-order valence-corrected chi connectivity index (χ4v) is 3.61. The van der Waals surface area contributed by atoms with Gasteiger partial charge in [0.1, 0.15) is 0 Å². The monoisotopic (exact) mass is 408 g/mol. The fraction of sp³-hybridized carbons (Fsp3) is 0.227. The summed E-state index contributed by atoms with van der Waals surface area (Å²) in [7, 11) is 4.01. The zero-order valence-corrected chi connectivity index (χ0v) is 17.1. The molecule has 29 heavy (non-hydrogen) atoms. The second-order valence-corrected chi connectivity index (χ2v) is 7.73. The van der Waals surface area contributed by atoms with Crippen LogP contribution in [0.1, 0.15) is 6.42 Å². The Morgan fingerprint density at radius 1 is 0.966 bits per heavy atom. The van der Waals surface area contributed by atoms with Gasteiger partial charge in [0.25, 0.3) is 11.1 Å². The lowest BCUT2D eigenvalue weighted by Crippen LogP contribution is -2.23. The van der Waals surface area contributed by atoms with Crippen LogP contribution in [0.3, 0.4) is 0 Å². The van der Waals surface area contributed by atoms with Gasteiger partial charge in [0.05, 0.1) is 27.5 Å². The molecule has 0 saturated heterocycles. The first kappa shape index (κ1) is 19.4. The molecule has 3 heterocycles. The summed E-state index contributed by atoms with van der Waals surface area (Å²) in [6.07, 6.45) is 4.31. The van der Waals surface area contributed by atoms with Crippen molar-refractivity contribution < 1.29 is 0 Å². The van der Waals surface area contributed by atoms with Crippen LogP contribution in [-0.2, 0) is 6.54 Å². The van der Waals surface area contributed by atoms with Crippen molar-refractivity contribution in [2.75, 3.05) is 20.6 Å². The van der Waals surface area contributed by atoms with E-state index in [4.69, 9.17) is 11.6 Å². The first-order valence-corrected chi connectivity index (χ1v) is 9.78. The molecule has 0 unspecified atom stereocenters. The molecule has 0 saturated carbocycles. The van der Waals surface area contributed by atoms with Gasteiger partial charge in [-0.3, -0.25) is 14.2 Å². The van der Waals surface area contributed by atoms with Crippen molar-refractivity contribution in [3.63, 3.8) is 0 Å². The normalized spacial score (nSPS) is 11.6. The van der Waals surface area contributed by atoms with Crippen molar-refractivity contribution in [3.05, 3.63) is 80.6 Å². The van der Waals surface area contributed by atoms with E-state index in [1.54, 1.807) is 47.3 Å². The highest BCUT2D eigenvalue weighted by atomic mass is 35.5. The van der Waals surface area contributed by atoms with Crippen molar-refractivity contribution in [2.24, 2.45) is 0 Å². The smallest absolute Gasteiger partial charge is 0.264 e. The minimum Gasteiger partial charge on any atom is -0.315 e. The Bertz CT molecular complexity index is 1320. The summed E-state index contributed by atoms with van der Waals surface area (Å²) in [6.45, 7) is 1.51. The second-order valence-electron chi connectivity index (χ2n) is 7.30. The summed E-state index contributed by atoms with van der Waals surface area (Å²) in [6, 6.07) is 12.3. The molecule has 0 aliphatic carbocycles. The molecule has 0 atom stereocenters. The number of halogens is 1. The van der Waals surface area contributed by atoms with E-state index in [0.29, 0.717) is 39.1 Å². The number of aryl methyl sites for hydroxylation is 1. The van der Waals surface area contributed by atoms with Gasteiger partial charge in [-0.05, 0) is 63.5 Å². The maximum Gasteiger partial charge on any atom is 0.264 e. The Kier molecular flexibility index (Phi) is 5.22. The van der Waals surface area contributed by atoms with E-state index in [-0.39, 0.29) is 11.1 Å². The average molecular weight is 409 g/mol. The van der Waals surface area contributed by atoms with E-state index in [2.05, 4.69) is 9.88 Å². The first-order chi connectivity index (χ1) is 13.9. The molecule has 0 aliphatic heterocycles. The van der Waals surface area contributed by atoms with Crippen LogP contribution in [0.2, 0.25) is 5.02 Å². The molecule has 3 aromatic heterocycles. The zero-order valence-electron chi connectivity index (χ0n) is 16.3. The van der Waals surface area contributed by atoms with Crippen LogP contribution in [0.4, 0.5) is 0 Å². The van der Waals surface area contributed by atoms with Crippen molar-refractivity contribution >= 4 is 33.4 Å². The number of aromatic nitrogens is 3. The highest BCUT2D eigenvalue weighted by Gasteiger charge is 2.11. The Balaban J connectivity index is 1.85. The van der Waals surface area contributed by atoms with Gasteiger partial charge in [0.2, 0.25) is 0 Å². The quantitative estimate of drug-likeness (QED) is 0.475. The van der Waals surface area contributed by atoms with Crippen LogP contribution in [-0.4, -0.2) is 39.7 Å². The predicted molar refractivity (Wildman–Crippen MR) is 117 cm³/mol. The van der Waals surface area contributed by atoms with Crippen LogP contribution >= 0.6 is 11.6 Å². The van der Waals surface area contributed by atoms with Gasteiger partial charge in [0.15, 0.2) is 0 Å². The topological polar surface area (TPSA) is 60.1 Å².